The van der Waals surface area contributed by atoms with Crippen LogP contribution in [0.25, 0.3) is 0 Å². The molecule has 0 amide bonds. The van der Waals surface area contributed by atoms with Gasteiger partial charge in [0.2, 0.25) is 0 Å². The third-order valence-corrected chi connectivity index (χ3v) is 2.40. The van der Waals surface area contributed by atoms with E-state index in [9.17, 15) is 0 Å². The lowest BCUT2D eigenvalue weighted by Crippen LogP contribution is -2.13. The van der Waals surface area contributed by atoms with Crippen LogP contribution in [0.4, 0.5) is 0 Å². The van der Waals surface area contributed by atoms with Crippen molar-refractivity contribution in [1.82, 2.24) is 0 Å². The largest absolute Gasteiger partial charge is 0.494 e. The van der Waals surface area contributed by atoms with Crippen molar-refractivity contribution in [2.24, 2.45) is 5.73 Å². The topological polar surface area (TPSA) is 44.5 Å². The molecule has 0 saturated heterocycles. The van der Waals surface area contributed by atoms with E-state index in [1.54, 1.807) is 0 Å². The first-order valence-corrected chi connectivity index (χ1v) is 5.84. The predicted molar refractivity (Wildman–Crippen MR) is 65.6 cm³/mol. The zero-order chi connectivity index (χ0) is 11.8. The Morgan fingerprint density at radius 2 is 1.81 bits per heavy atom. The van der Waals surface area contributed by atoms with Gasteiger partial charge in [0.05, 0.1) is 6.61 Å². The minimum absolute atomic E-state index is 0.0437. The Morgan fingerprint density at radius 1 is 1.12 bits per heavy atom. The van der Waals surface area contributed by atoms with E-state index in [0.29, 0.717) is 13.2 Å². The van der Waals surface area contributed by atoms with Crippen LogP contribution >= 0.6 is 0 Å². The molecule has 1 atom stereocenters. The summed E-state index contributed by atoms with van der Waals surface area (Å²) >= 11 is 0. The smallest absolute Gasteiger partial charge is 0.119 e. The fourth-order valence-electron chi connectivity index (χ4n) is 1.50. The first-order chi connectivity index (χ1) is 7.77. The van der Waals surface area contributed by atoms with Crippen LogP contribution in [-0.4, -0.2) is 19.8 Å². The zero-order valence-corrected chi connectivity index (χ0v) is 10.1. The van der Waals surface area contributed by atoms with Gasteiger partial charge in [0.15, 0.2) is 0 Å². The monoisotopic (exact) mass is 223 g/mol. The molecule has 0 heterocycles. The normalized spacial score (nSPS) is 12.4. The van der Waals surface area contributed by atoms with Gasteiger partial charge in [-0.3, -0.25) is 0 Å². The van der Waals surface area contributed by atoms with Gasteiger partial charge in [0, 0.05) is 19.3 Å². The number of rotatable bonds is 7. The summed E-state index contributed by atoms with van der Waals surface area (Å²) < 4.78 is 10.7. The summed E-state index contributed by atoms with van der Waals surface area (Å²) in [4.78, 5) is 0. The first-order valence-electron chi connectivity index (χ1n) is 5.84. The maximum Gasteiger partial charge on any atom is 0.119 e. The number of ether oxygens (including phenoxy) is 2. The van der Waals surface area contributed by atoms with Crippen molar-refractivity contribution in [3.8, 4) is 5.75 Å². The molecular weight excluding hydrogens is 202 g/mol. The molecule has 3 nitrogen and oxygen atoms in total. The van der Waals surface area contributed by atoms with Gasteiger partial charge in [-0.2, -0.15) is 0 Å². The molecule has 2 N–H and O–H groups in total. The lowest BCUT2D eigenvalue weighted by atomic mass is 10.1. The molecule has 0 aromatic heterocycles. The Bertz CT molecular complexity index is 284. The van der Waals surface area contributed by atoms with Crippen LogP contribution < -0.4 is 10.5 Å². The lowest BCUT2D eigenvalue weighted by Gasteiger charge is -2.12. The first kappa shape index (κ1) is 13.0. The molecule has 0 aliphatic heterocycles. The second kappa shape index (κ2) is 7.25. The Balaban J connectivity index is 2.46. The van der Waals surface area contributed by atoms with Gasteiger partial charge in [0.25, 0.3) is 0 Å². The third-order valence-electron chi connectivity index (χ3n) is 2.40. The number of benzene rings is 1. The molecule has 1 aromatic rings. The summed E-state index contributed by atoms with van der Waals surface area (Å²) in [5, 5.41) is 0. The Labute approximate surface area is 97.6 Å². The maximum absolute atomic E-state index is 6.04. The van der Waals surface area contributed by atoms with Gasteiger partial charge in [-0.25, -0.2) is 0 Å². The van der Waals surface area contributed by atoms with Gasteiger partial charge in [-0.05, 0) is 38.0 Å². The number of hydrogen-bond acceptors (Lipinski definition) is 3. The fraction of sp³-hybridized carbons (Fsp3) is 0.538. The van der Waals surface area contributed by atoms with E-state index in [1.807, 2.05) is 38.1 Å². The van der Waals surface area contributed by atoms with E-state index >= 15 is 0 Å². The minimum atomic E-state index is 0.0437. The standard InChI is InChI=1S/C13H21NO2/c1-3-15-10-9-13(14)11-5-7-12(8-6-11)16-4-2/h5-8,13H,3-4,9-10,14H2,1-2H3. The Kier molecular flexibility index (Phi) is 5.90. The van der Waals surface area contributed by atoms with Crippen LogP contribution in [-0.2, 0) is 4.74 Å². The van der Waals surface area contributed by atoms with Crippen molar-refractivity contribution < 1.29 is 9.47 Å². The summed E-state index contributed by atoms with van der Waals surface area (Å²) in [6, 6.07) is 7.99. The zero-order valence-electron chi connectivity index (χ0n) is 10.1. The van der Waals surface area contributed by atoms with Gasteiger partial charge in [-0.1, -0.05) is 12.1 Å². The molecule has 16 heavy (non-hydrogen) atoms. The summed E-state index contributed by atoms with van der Waals surface area (Å²) in [5.74, 6) is 0.892. The molecule has 0 bridgehead atoms. The summed E-state index contributed by atoms with van der Waals surface area (Å²) in [7, 11) is 0. The molecule has 0 fully saturated rings. The van der Waals surface area contributed by atoms with Gasteiger partial charge < -0.3 is 15.2 Å². The van der Waals surface area contributed by atoms with Gasteiger partial charge >= 0.3 is 0 Å². The molecule has 90 valence electrons. The highest BCUT2D eigenvalue weighted by Crippen LogP contribution is 2.18. The Morgan fingerprint density at radius 3 is 2.38 bits per heavy atom. The average molecular weight is 223 g/mol. The van der Waals surface area contributed by atoms with Crippen molar-refractivity contribution in [3.63, 3.8) is 0 Å². The molecule has 0 aliphatic rings. The molecule has 0 saturated carbocycles. The van der Waals surface area contributed by atoms with Crippen molar-refractivity contribution in [3.05, 3.63) is 29.8 Å². The molecule has 3 heteroatoms. The summed E-state index contributed by atoms with van der Waals surface area (Å²) in [6.45, 7) is 6.11. The maximum atomic E-state index is 6.04. The molecule has 0 spiro atoms. The van der Waals surface area contributed by atoms with E-state index in [1.165, 1.54) is 0 Å². The van der Waals surface area contributed by atoms with Crippen LogP contribution in [0.2, 0.25) is 0 Å². The molecule has 1 rings (SSSR count). The van der Waals surface area contributed by atoms with E-state index in [-0.39, 0.29) is 6.04 Å². The average Bonchev–Trinajstić information content (AvgIpc) is 2.30. The predicted octanol–water partition coefficient (Wildman–Crippen LogP) is 2.51. The highest BCUT2D eigenvalue weighted by molar-refractivity contribution is 5.28. The van der Waals surface area contributed by atoms with Crippen LogP contribution in [0.3, 0.4) is 0 Å². The highest BCUT2D eigenvalue weighted by atomic mass is 16.5. The molecule has 1 unspecified atom stereocenters. The summed E-state index contributed by atoms with van der Waals surface area (Å²) in [6.07, 6.45) is 0.849. The quantitative estimate of drug-likeness (QED) is 0.722. The second-order valence-corrected chi connectivity index (χ2v) is 3.59. The van der Waals surface area contributed by atoms with Crippen LogP contribution in [0.5, 0.6) is 5.75 Å². The SMILES string of the molecule is CCOCCC(N)c1ccc(OCC)cc1. The van der Waals surface area contributed by atoms with Crippen molar-refractivity contribution in [2.45, 2.75) is 26.3 Å². The van der Waals surface area contributed by atoms with E-state index in [2.05, 4.69) is 0 Å². The van der Waals surface area contributed by atoms with Crippen molar-refractivity contribution in [1.29, 1.82) is 0 Å². The third kappa shape index (κ3) is 4.21. The van der Waals surface area contributed by atoms with Gasteiger partial charge in [-0.15, -0.1) is 0 Å². The molecular formula is C13H21NO2. The van der Waals surface area contributed by atoms with Crippen LogP contribution in [0.15, 0.2) is 24.3 Å². The number of nitrogens with two attached hydrogens (primary N) is 1. The minimum Gasteiger partial charge on any atom is -0.494 e. The van der Waals surface area contributed by atoms with E-state index in [4.69, 9.17) is 15.2 Å². The van der Waals surface area contributed by atoms with E-state index in [0.717, 1.165) is 24.3 Å². The van der Waals surface area contributed by atoms with Crippen molar-refractivity contribution >= 4 is 0 Å². The lowest BCUT2D eigenvalue weighted by molar-refractivity contribution is 0.140. The second-order valence-electron chi connectivity index (χ2n) is 3.59. The highest BCUT2D eigenvalue weighted by Gasteiger charge is 2.05. The fourth-order valence-corrected chi connectivity index (χ4v) is 1.50. The molecule has 0 aliphatic carbocycles. The summed E-state index contributed by atoms with van der Waals surface area (Å²) in [5.41, 5.74) is 7.17. The number of hydrogen-bond donors (Lipinski definition) is 1. The molecule has 0 radical (unpaired) electrons. The van der Waals surface area contributed by atoms with Crippen LogP contribution in [0.1, 0.15) is 31.9 Å². The van der Waals surface area contributed by atoms with E-state index < -0.39 is 0 Å². The van der Waals surface area contributed by atoms with Crippen molar-refractivity contribution in [2.75, 3.05) is 19.8 Å². The van der Waals surface area contributed by atoms with Crippen LogP contribution in [0, 0.1) is 0 Å². The van der Waals surface area contributed by atoms with Gasteiger partial charge in [0.1, 0.15) is 5.75 Å². The molecule has 1 aromatic carbocycles. The Hall–Kier alpha value is -1.06.